The Hall–Kier alpha value is -0.490. The molecular formula is C12H14BrCl2NO3. The van der Waals surface area contributed by atoms with Crippen LogP contribution < -0.4 is 10.1 Å². The van der Waals surface area contributed by atoms with Crippen LogP contribution in [0.15, 0.2) is 22.7 Å². The molecule has 2 atom stereocenters. The van der Waals surface area contributed by atoms with Gasteiger partial charge in [-0.2, -0.15) is 0 Å². The maximum atomic E-state index is 11.4. The molecule has 1 saturated heterocycles. The van der Waals surface area contributed by atoms with E-state index in [1.807, 2.05) is 6.07 Å². The minimum absolute atomic E-state index is 0. The summed E-state index contributed by atoms with van der Waals surface area (Å²) in [5.74, 6) is 0.361. The summed E-state index contributed by atoms with van der Waals surface area (Å²) in [4.78, 5) is 11.4. The molecule has 4 nitrogen and oxygen atoms in total. The number of hydrogen-bond acceptors (Lipinski definition) is 4. The van der Waals surface area contributed by atoms with Crippen molar-refractivity contribution in [3.8, 4) is 5.75 Å². The van der Waals surface area contributed by atoms with Crippen molar-refractivity contribution in [1.29, 1.82) is 0 Å². The highest BCUT2D eigenvalue weighted by Crippen LogP contribution is 2.29. The van der Waals surface area contributed by atoms with E-state index < -0.39 is 0 Å². The molecular weight excluding hydrogens is 357 g/mol. The van der Waals surface area contributed by atoms with E-state index in [0.29, 0.717) is 23.7 Å². The summed E-state index contributed by atoms with van der Waals surface area (Å²) in [5.41, 5.74) is 0. The first kappa shape index (κ1) is 16.6. The quantitative estimate of drug-likeness (QED) is 0.831. The molecule has 1 aromatic rings. The lowest BCUT2D eigenvalue weighted by Gasteiger charge is -2.14. The highest BCUT2D eigenvalue weighted by Gasteiger charge is 2.31. The molecule has 1 aliphatic heterocycles. The molecule has 0 amide bonds. The predicted molar refractivity (Wildman–Crippen MR) is 79.2 cm³/mol. The van der Waals surface area contributed by atoms with E-state index in [1.165, 1.54) is 7.11 Å². The molecule has 1 fully saturated rings. The van der Waals surface area contributed by atoms with E-state index in [4.69, 9.17) is 16.3 Å². The van der Waals surface area contributed by atoms with Gasteiger partial charge < -0.3 is 14.8 Å². The lowest BCUT2D eigenvalue weighted by atomic mass is 10.2. The number of methoxy groups -OCH3 is 1. The first-order valence-corrected chi connectivity index (χ1v) is 6.70. The fraction of sp³-hybridized carbons (Fsp3) is 0.417. The zero-order valence-electron chi connectivity index (χ0n) is 10.2. The summed E-state index contributed by atoms with van der Waals surface area (Å²) in [6.45, 7) is 0.603. The van der Waals surface area contributed by atoms with Crippen molar-refractivity contribution in [2.24, 2.45) is 0 Å². The van der Waals surface area contributed by atoms with Crippen molar-refractivity contribution in [3.05, 3.63) is 27.7 Å². The Morgan fingerprint density at radius 1 is 1.53 bits per heavy atom. The third-order valence-electron chi connectivity index (χ3n) is 2.76. The minimum Gasteiger partial charge on any atom is -0.487 e. The molecule has 0 bridgehead atoms. The smallest absolute Gasteiger partial charge is 0.323 e. The molecule has 0 unspecified atom stereocenters. The van der Waals surface area contributed by atoms with Crippen LogP contribution >= 0.6 is 39.9 Å². The number of esters is 1. The first-order valence-electron chi connectivity index (χ1n) is 5.53. The van der Waals surface area contributed by atoms with Crippen molar-refractivity contribution >= 4 is 45.9 Å². The average Bonchev–Trinajstić information content (AvgIpc) is 2.80. The van der Waals surface area contributed by atoms with Gasteiger partial charge in [0.25, 0.3) is 0 Å². The third kappa shape index (κ3) is 4.24. The molecule has 1 aliphatic rings. The van der Waals surface area contributed by atoms with Gasteiger partial charge in [-0.3, -0.25) is 4.79 Å². The number of rotatable bonds is 3. The molecule has 106 valence electrons. The van der Waals surface area contributed by atoms with Crippen LogP contribution in [0.3, 0.4) is 0 Å². The second-order valence-corrected chi connectivity index (χ2v) is 5.36. The molecule has 0 aromatic heterocycles. The van der Waals surface area contributed by atoms with Gasteiger partial charge in [0, 0.05) is 17.4 Å². The van der Waals surface area contributed by atoms with E-state index >= 15 is 0 Å². The van der Waals surface area contributed by atoms with Crippen LogP contribution in [-0.2, 0) is 9.53 Å². The second-order valence-electron chi connectivity index (χ2n) is 4.03. The van der Waals surface area contributed by atoms with Crippen LogP contribution in [0.5, 0.6) is 5.75 Å². The maximum absolute atomic E-state index is 11.4. The number of ether oxygens (including phenoxy) is 2. The van der Waals surface area contributed by atoms with Crippen molar-refractivity contribution in [2.75, 3.05) is 13.7 Å². The SMILES string of the molecule is COC(=O)[C@@H]1C[C@@H](Oc2ccc(Br)cc2Cl)CN1.Cl. The second kappa shape index (κ2) is 7.33. The third-order valence-corrected chi connectivity index (χ3v) is 3.55. The molecule has 0 aliphatic carbocycles. The summed E-state index contributed by atoms with van der Waals surface area (Å²) in [7, 11) is 1.38. The minimum atomic E-state index is -0.297. The number of nitrogens with one attached hydrogen (secondary N) is 1. The van der Waals surface area contributed by atoms with E-state index in [-0.39, 0.29) is 30.5 Å². The van der Waals surface area contributed by atoms with Gasteiger partial charge in [0.15, 0.2) is 0 Å². The molecule has 2 rings (SSSR count). The van der Waals surface area contributed by atoms with Crippen molar-refractivity contribution in [3.63, 3.8) is 0 Å². The Morgan fingerprint density at radius 2 is 2.26 bits per heavy atom. The Bertz CT molecular complexity index is 459. The Kier molecular flexibility index (Phi) is 6.39. The van der Waals surface area contributed by atoms with Gasteiger partial charge in [-0.15, -0.1) is 12.4 Å². The zero-order valence-corrected chi connectivity index (χ0v) is 13.3. The number of hydrogen-bond donors (Lipinski definition) is 1. The zero-order chi connectivity index (χ0) is 13.1. The van der Waals surface area contributed by atoms with Crippen molar-refractivity contribution < 1.29 is 14.3 Å². The topological polar surface area (TPSA) is 47.6 Å². The summed E-state index contributed by atoms with van der Waals surface area (Å²) >= 11 is 9.40. The molecule has 19 heavy (non-hydrogen) atoms. The van der Waals surface area contributed by atoms with Gasteiger partial charge in [-0.25, -0.2) is 0 Å². The first-order chi connectivity index (χ1) is 8.60. The summed E-state index contributed by atoms with van der Waals surface area (Å²) in [5, 5.41) is 3.60. The largest absolute Gasteiger partial charge is 0.487 e. The van der Waals surface area contributed by atoms with E-state index in [2.05, 4.69) is 26.0 Å². The molecule has 0 saturated carbocycles. The van der Waals surface area contributed by atoms with Gasteiger partial charge in [-0.05, 0) is 18.2 Å². The van der Waals surface area contributed by atoms with E-state index in [9.17, 15) is 4.79 Å². The number of carbonyl (C=O) groups excluding carboxylic acids is 1. The number of carbonyl (C=O) groups is 1. The Morgan fingerprint density at radius 3 is 2.89 bits per heavy atom. The van der Waals surface area contributed by atoms with Crippen LogP contribution in [-0.4, -0.2) is 31.8 Å². The molecule has 1 aromatic carbocycles. The highest BCUT2D eigenvalue weighted by atomic mass is 79.9. The van der Waals surface area contributed by atoms with Gasteiger partial charge in [-0.1, -0.05) is 27.5 Å². The summed E-state index contributed by atoms with van der Waals surface area (Å²) in [6, 6.07) is 5.14. The summed E-state index contributed by atoms with van der Waals surface area (Å²) in [6.07, 6.45) is 0.506. The highest BCUT2D eigenvalue weighted by molar-refractivity contribution is 9.10. The van der Waals surface area contributed by atoms with Gasteiger partial charge in [0.1, 0.15) is 17.9 Å². The predicted octanol–water partition coefficient (Wildman–Crippen LogP) is 2.81. The van der Waals surface area contributed by atoms with Crippen LogP contribution in [0.4, 0.5) is 0 Å². The fourth-order valence-electron chi connectivity index (χ4n) is 1.87. The molecule has 7 heteroatoms. The Balaban J connectivity index is 0.00000180. The van der Waals surface area contributed by atoms with E-state index in [0.717, 1.165) is 4.47 Å². The van der Waals surface area contributed by atoms with Crippen LogP contribution in [0, 0.1) is 0 Å². The standard InChI is InChI=1S/C12H13BrClNO3.ClH/c1-17-12(16)10-5-8(6-15-10)18-11-3-2-7(13)4-9(11)14;/h2-4,8,10,15H,5-6H2,1H3;1H/t8-,10+;/m1./s1. The Labute approximate surface area is 131 Å². The fourth-order valence-corrected chi connectivity index (χ4v) is 2.58. The normalized spacial score (nSPS) is 21.6. The van der Waals surface area contributed by atoms with Crippen LogP contribution in [0.2, 0.25) is 5.02 Å². The van der Waals surface area contributed by atoms with Gasteiger partial charge >= 0.3 is 5.97 Å². The monoisotopic (exact) mass is 369 g/mol. The molecule has 0 radical (unpaired) electrons. The van der Waals surface area contributed by atoms with Crippen molar-refractivity contribution in [1.82, 2.24) is 5.32 Å². The summed E-state index contributed by atoms with van der Waals surface area (Å²) < 4.78 is 11.3. The number of benzene rings is 1. The van der Waals surface area contributed by atoms with Crippen LogP contribution in [0.1, 0.15) is 6.42 Å². The average molecular weight is 371 g/mol. The lowest BCUT2D eigenvalue weighted by Crippen LogP contribution is -2.31. The lowest BCUT2D eigenvalue weighted by molar-refractivity contribution is -0.142. The van der Waals surface area contributed by atoms with Gasteiger partial charge in [0.05, 0.1) is 12.1 Å². The van der Waals surface area contributed by atoms with Gasteiger partial charge in [0.2, 0.25) is 0 Å². The molecule has 0 spiro atoms. The van der Waals surface area contributed by atoms with E-state index in [1.54, 1.807) is 12.1 Å². The molecule has 1 N–H and O–H groups in total. The molecule has 1 heterocycles. The number of halogens is 3. The maximum Gasteiger partial charge on any atom is 0.323 e. The van der Waals surface area contributed by atoms with Crippen LogP contribution in [0.25, 0.3) is 0 Å². The van der Waals surface area contributed by atoms with Crippen molar-refractivity contribution in [2.45, 2.75) is 18.6 Å².